The molecule has 0 unspecified atom stereocenters. The van der Waals surface area contributed by atoms with Crippen LogP contribution in [0.15, 0.2) is 48.5 Å². The highest BCUT2D eigenvalue weighted by molar-refractivity contribution is 5.90. The summed E-state index contributed by atoms with van der Waals surface area (Å²) >= 11 is 0. The molecule has 20 heavy (non-hydrogen) atoms. The molecule has 0 amide bonds. The van der Waals surface area contributed by atoms with Crippen LogP contribution in [0.5, 0.6) is 5.75 Å². The van der Waals surface area contributed by atoms with Gasteiger partial charge >= 0.3 is 5.97 Å². The molecule has 2 aromatic carbocycles. The molecule has 0 aliphatic carbocycles. The molecule has 0 aromatic heterocycles. The SMILES string of the molecule is COc1ccc(C(C)(C)c2ccccc2C(=O)O)cc1. The van der Waals surface area contributed by atoms with Gasteiger partial charge in [-0.1, -0.05) is 44.2 Å². The summed E-state index contributed by atoms with van der Waals surface area (Å²) < 4.78 is 5.16. The van der Waals surface area contributed by atoms with Gasteiger partial charge in [0.25, 0.3) is 0 Å². The van der Waals surface area contributed by atoms with Gasteiger partial charge in [0.05, 0.1) is 12.7 Å². The predicted octanol–water partition coefficient (Wildman–Crippen LogP) is 3.72. The number of hydrogen-bond donors (Lipinski definition) is 1. The molecule has 0 saturated heterocycles. The summed E-state index contributed by atoms with van der Waals surface area (Å²) in [4.78, 5) is 11.4. The first-order valence-electron chi connectivity index (χ1n) is 6.44. The van der Waals surface area contributed by atoms with E-state index >= 15 is 0 Å². The lowest BCUT2D eigenvalue weighted by molar-refractivity contribution is 0.0694. The second-order valence-corrected chi connectivity index (χ2v) is 5.20. The Balaban J connectivity index is 2.51. The highest BCUT2D eigenvalue weighted by Crippen LogP contribution is 2.34. The number of rotatable bonds is 4. The fourth-order valence-electron chi connectivity index (χ4n) is 2.38. The van der Waals surface area contributed by atoms with E-state index in [0.717, 1.165) is 16.9 Å². The van der Waals surface area contributed by atoms with Crippen LogP contribution in [-0.2, 0) is 5.41 Å². The van der Waals surface area contributed by atoms with Crippen molar-refractivity contribution in [3.05, 3.63) is 65.2 Å². The second kappa shape index (κ2) is 5.37. The summed E-state index contributed by atoms with van der Waals surface area (Å²) in [6.07, 6.45) is 0. The highest BCUT2D eigenvalue weighted by Gasteiger charge is 2.27. The fourth-order valence-corrected chi connectivity index (χ4v) is 2.38. The maximum Gasteiger partial charge on any atom is 0.335 e. The second-order valence-electron chi connectivity index (χ2n) is 5.20. The lowest BCUT2D eigenvalue weighted by Crippen LogP contribution is -2.22. The number of carbonyl (C=O) groups is 1. The van der Waals surface area contributed by atoms with Gasteiger partial charge in [-0.15, -0.1) is 0 Å². The minimum atomic E-state index is -0.901. The van der Waals surface area contributed by atoms with Crippen LogP contribution in [-0.4, -0.2) is 18.2 Å². The van der Waals surface area contributed by atoms with E-state index in [-0.39, 0.29) is 5.41 Å². The Morgan fingerprint density at radius 3 is 2.20 bits per heavy atom. The smallest absolute Gasteiger partial charge is 0.335 e. The number of benzene rings is 2. The molecule has 2 rings (SSSR count). The zero-order chi connectivity index (χ0) is 14.8. The average Bonchev–Trinajstić information content (AvgIpc) is 2.47. The van der Waals surface area contributed by atoms with E-state index in [0.29, 0.717) is 5.56 Å². The minimum absolute atomic E-state index is 0.341. The Bertz CT molecular complexity index is 612. The van der Waals surface area contributed by atoms with Crippen molar-refractivity contribution in [1.82, 2.24) is 0 Å². The third kappa shape index (κ3) is 2.52. The molecule has 0 bridgehead atoms. The normalized spacial score (nSPS) is 11.2. The van der Waals surface area contributed by atoms with E-state index in [1.807, 2.05) is 50.2 Å². The van der Waals surface area contributed by atoms with E-state index < -0.39 is 5.97 Å². The predicted molar refractivity (Wildman–Crippen MR) is 78.5 cm³/mol. The quantitative estimate of drug-likeness (QED) is 0.921. The summed E-state index contributed by atoms with van der Waals surface area (Å²) in [6.45, 7) is 4.05. The van der Waals surface area contributed by atoms with Crippen LogP contribution in [0, 0.1) is 0 Å². The maximum atomic E-state index is 11.4. The van der Waals surface area contributed by atoms with Gasteiger partial charge in [0.2, 0.25) is 0 Å². The Morgan fingerprint density at radius 1 is 1.05 bits per heavy atom. The summed E-state index contributed by atoms with van der Waals surface area (Å²) in [5.41, 5.74) is 1.80. The van der Waals surface area contributed by atoms with Crippen LogP contribution in [0.4, 0.5) is 0 Å². The monoisotopic (exact) mass is 270 g/mol. The average molecular weight is 270 g/mol. The molecule has 0 aliphatic heterocycles. The molecule has 1 N–H and O–H groups in total. The molecule has 2 aromatic rings. The van der Waals surface area contributed by atoms with E-state index in [4.69, 9.17) is 4.74 Å². The summed E-state index contributed by atoms with van der Waals surface area (Å²) in [6, 6.07) is 14.8. The van der Waals surface area contributed by atoms with E-state index in [1.54, 1.807) is 19.2 Å². The molecule has 3 nitrogen and oxygen atoms in total. The molecule has 0 spiro atoms. The number of carboxylic acid groups (broad SMARTS) is 1. The lowest BCUT2D eigenvalue weighted by Gasteiger charge is -2.27. The van der Waals surface area contributed by atoms with Crippen molar-refractivity contribution in [3.8, 4) is 5.75 Å². The Labute approximate surface area is 118 Å². The lowest BCUT2D eigenvalue weighted by atomic mass is 9.76. The fraction of sp³-hybridized carbons (Fsp3) is 0.235. The standard InChI is InChI=1S/C17H18O3/c1-17(2,12-8-10-13(20-3)11-9-12)15-7-5-4-6-14(15)16(18)19/h4-11H,1-3H3,(H,18,19). The first-order valence-corrected chi connectivity index (χ1v) is 6.44. The van der Waals surface area contributed by atoms with Crippen molar-refractivity contribution in [2.75, 3.05) is 7.11 Å². The largest absolute Gasteiger partial charge is 0.497 e. The molecule has 3 heteroatoms. The maximum absolute atomic E-state index is 11.4. The molecule has 104 valence electrons. The summed E-state index contributed by atoms with van der Waals surface area (Å²) in [5, 5.41) is 9.34. The van der Waals surface area contributed by atoms with Gasteiger partial charge in [0.15, 0.2) is 0 Å². The number of ether oxygens (including phenoxy) is 1. The highest BCUT2D eigenvalue weighted by atomic mass is 16.5. The topological polar surface area (TPSA) is 46.5 Å². The minimum Gasteiger partial charge on any atom is -0.497 e. The van der Waals surface area contributed by atoms with E-state index in [1.165, 1.54) is 0 Å². The van der Waals surface area contributed by atoms with Gasteiger partial charge in [0.1, 0.15) is 5.75 Å². The number of methoxy groups -OCH3 is 1. The van der Waals surface area contributed by atoms with Gasteiger partial charge < -0.3 is 9.84 Å². The van der Waals surface area contributed by atoms with E-state index in [2.05, 4.69) is 0 Å². The van der Waals surface area contributed by atoms with Crippen molar-refractivity contribution >= 4 is 5.97 Å². The van der Waals surface area contributed by atoms with Crippen molar-refractivity contribution in [3.63, 3.8) is 0 Å². The van der Waals surface area contributed by atoms with Crippen molar-refractivity contribution in [1.29, 1.82) is 0 Å². The van der Waals surface area contributed by atoms with Crippen molar-refractivity contribution in [2.45, 2.75) is 19.3 Å². The summed E-state index contributed by atoms with van der Waals surface area (Å²) in [5.74, 6) is -0.113. The Morgan fingerprint density at radius 2 is 1.65 bits per heavy atom. The van der Waals surface area contributed by atoms with Gasteiger partial charge in [0, 0.05) is 5.41 Å². The number of carboxylic acids is 1. The van der Waals surface area contributed by atoms with Crippen molar-refractivity contribution in [2.24, 2.45) is 0 Å². The van der Waals surface area contributed by atoms with Gasteiger partial charge in [-0.3, -0.25) is 0 Å². The van der Waals surface area contributed by atoms with Crippen LogP contribution in [0.25, 0.3) is 0 Å². The zero-order valence-electron chi connectivity index (χ0n) is 11.9. The van der Waals surface area contributed by atoms with Crippen LogP contribution in [0.3, 0.4) is 0 Å². The third-order valence-electron chi connectivity index (χ3n) is 3.64. The van der Waals surface area contributed by atoms with Gasteiger partial charge in [-0.05, 0) is 29.3 Å². The van der Waals surface area contributed by atoms with Crippen LogP contribution in [0.1, 0.15) is 35.3 Å². The number of hydrogen-bond acceptors (Lipinski definition) is 2. The molecule has 0 aliphatic rings. The molecule has 0 saturated carbocycles. The molecule has 0 fully saturated rings. The Kier molecular flexibility index (Phi) is 3.79. The van der Waals surface area contributed by atoms with Gasteiger partial charge in [-0.25, -0.2) is 4.79 Å². The van der Waals surface area contributed by atoms with Crippen molar-refractivity contribution < 1.29 is 14.6 Å². The Hall–Kier alpha value is -2.29. The number of aromatic carboxylic acids is 1. The summed E-state index contributed by atoms with van der Waals surface area (Å²) in [7, 11) is 1.62. The first kappa shape index (κ1) is 14.1. The molecular formula is C17H18O3. The van der Waals surface area contributed by atoms with Crippen LogP contribution >= 0.6 is 0 Å². The molecule has 0 atom stereocenters. The first-order chi connectivity index (χ1) is 9.46. The van der Waals surface area contributed by atoms with Gasteiger partial charge in [-0.2, -0.15) is 0 Å². The molecule has 0 heterocycles. The molecular weight excluding hydrogens is 252 g/mol. The third-order valence-corrected chi connectivity index (χ3v) is 3.64. The van der Waals surface area contributed by atoms with E-state index in [9.17, 15) is 9.90 Å². The van der Waals surface area contributed by atoms with Crippen LogP contribution < -0.4 is 4.74 Å². The van der Waals surface area contributed by atoms with Crippen LogP contribution in [0.2, 0.25) is 0 Å². The molecule has 0 radical (unpaired) electrons. The zero-order valence-corrected chi connectivity index (χ0v) is 11.9.